The summed E-state index contributed by atoms with van der Waals surface area (Å²) < 4.78 is 10.7. The Kier molecular flexibility index (Phi) is 5.49. The first-order valence-corrected chi connectivity index (χ1v) is 8.45. The highest BCUT2D eigenvalue weighted by molar-refractivity contribution is 6.00. The van der Waals surface area contributed by atoms with Crippen LogP contribution in [0.3, 0.4) is 0 Å². The van der Waals surface area contributed by atoms with Gasteiger partial charge in [-0.1, -0.05) is 35.5 Å². The molecule has 1 aromatic heterocycles. The summed E-state index contributed by atoms with van der Waals surface area (Å²) in [5.74, 6) is -1.52. The Hall–Kier alpha value is -3.23. The minimum atomic E-state index is -0.769. The molecule has 0 saturated carbocycles. The number of likely N-dealkylation sites (tertiary alicyclic amines) is 1. The normalized spacial score (nSPS) is 16.4. The number of rotatable bonds is 6. The van der Waals surface area contributed by atoms with Gasteiger partial charge in [-0.05, 0) is 5.56 Å². The van der Waals surface area contributed by atoms with E-state index in [4.69, 9.17) is 4.74 Å². The maximum atomic E-state index is 12.3. The van der Waals surface area contributed by atoms with Crippen molar-refractivity contribution < 1.29 is 23.9 Å². The maximum absolute atomic E-state index is 12.3. The molecule has 9 heteroatoms. The van der Waals surface area contributed by atoms with E-state index < -0.39 is 11.9 Å². The summed E-state index contributed by atoms with van der Waals surface area (Å²) in [4.78, 5) is 38.0. The monoisotopic (exact) mass is 372 g/mol. The van der Waals surface area contributed by atoms with Crippen LogP contribution >= 0.6 is 0 Å². The average molecular weight is 372 g/mol. The van der Waals surface area contributed by atoms with Crippen LogP contribution in [0, 0.1) is 5.92 Å². The smallest absolute Gasteiger partial charge is 0.361 e. The van der Waals surface area contributed by atoms with Gasteiger partial charge in [0.25, 0.3) is 0 Å². The summed E-state index contributed by atoms with van der Waals surface area (Å²) in [5.41, 5.74) is 0.781. The minimum absolute atomic E-state index is 0.0387. The predicted molar refractivity (Wildman–Crippen MR) is 92.7 cm³/mol. The molecule has 1 atom stereocenters. The molecule has 2 aromatic rings. The number of carbonyl (C=O) groups excluding carboxylic acids is 3. The van der Waals surface area contributed by atoms with Gasteiger partial charge in [0.05, 0.1) is 14.2 Å². The van der Waals surface area contributed by atoms with Gasteiger partial charge in [-0.3, -0.25) is 4.79 Å². The Bertz CT molecular complexity index is 849. The molecule has 3 rings (SSSR count). The lowest BCUT2D eigenvalue weighted by Crippen LogP contribution is -2.25. The first kappa shape index (κ1) is 18.6. The Labute approximate surface area is 155 Å². The van der Waals surface area contributed by atoms with Crippen molar-refractivity contribution in [2.45, 2.75) is 19.5 Å². The van der Waals surface area contributed by atoms with E-state index in [-0.39, 0.29) is 29.8 Å². The summed E-state index contributed by atoms with van der Waals surface area (Å²) >= 11 is 0. The first-order valence-electron chi connectivity index (χ1n) is 8.45. The molecule has 2 heterocycles. The summed E-state index contributed by atoms with van der Waals surface area (Å²) in [6.07, 6.45) is 0.334. The van der Waals surface area contributed by atoms with Gasteiger partial charge in [-0.2, -0.15) is 0 Å². The van der Waals surface area contributed by atoms with Crippen molar-refractivity contribution in [3.8, 4) is 0 Å². The van der Waals surface area contributed by atoms with Crippen molar-refractivity contribution in [2.75, 3.05) is 20.8 Å². The Morgan fingerprint density at radius 2 is 1.85 bits per heavy atom. The third-order valence-corrected chi connectivity index (χ3v) is 4.43. The van der Waals surface area contributed by atoms with Crippen LogP contribution in [0.25, 0.3) is 0 Å². The van der Waals surface area contributed by atoms with E-state index in [0.717, 1.165) is 5.56 Å². The molecule has 27 heavy (non-hydrogen) atoms. The Morgan fingerprint density at radius 3 is 2.52 bits per heavy atom. The van der Waals surface area contributed by atoms with E-state index in [2.05, 4.69) is 15.0 Å². The lowest BCUT2D eigenvalue weighted by molar-refractivity contribution is -0.128. The van der Waals surface area contributed by atoms with E-state index in [9.17, 15) is 14.4 Å². The summed E-state index contributed by atoms with van der Waals surface area (Å²) in [6.45, 7) is 1.33. The van der Waals surface area contributed by atoms with Gasteiger partial charge in [0, 0.05) is 32.0 Å². The molecule has 0 radical (unpaired) electrons. The molecule has 1 fully saturated rings. The second-order valence-corrected chi connectivity index (χ2v) is 6.28. The number of amides is 1. The van der Waals surface area contributed by atoms with Crippen LogP contribution in [0.5, 0.6) is 0 Å². The molecular formula is C18H20N4O5. The maximum Gasteiger partial charge on any atom is 0.361 e. The first-order chi connectivity index (χ1) is 13.0. The van der Waals surface area contributed by atoms with Crippen LogP contribution in [0.2, 0.25) is 0 Å². The molecule has 0 bridgehead atoms. The van der Waals surface area contributed by atoms with Crippen LogP contribution < -0.4 is 0 Å². The molecule has 1 aromatic carbocycles. The zero-order valence-corrected chi connectivity index (χ0v) is 15.1. The van der Waals surface area contributed by atoms with E-state index in [1.807, 2.05) is 30.3 Å². The number of methoxy groups -OCH3 is 2. The standard InChI is InChI=1S/C18H20N4O5/c1-26-17(24)15-16(18(25)27-2)22(20-19-15)11-13-8-14(23)21(10-13)9-12-6-4-3-5-7-12/h3-7,13H,8-11H2,1-2H3. The fraction of sp³-hybridized carbons (Fsp3) is 0.389. The fourth-order valence-electron chi connectivity index (χ4n) is 3.15. The number of ether oxygens (including phenoxy) is 2. The number of esters is 2. The molecule has 1 unspecified atom stereocenters. The number of hydrogen-bond acceptors (Lipinski definition) is 7. The van der Waals surface area contributed by atoms with Crippen molar-refractivity contribution in [1.29, 1.82) is 0 Å². The van der Waals surface area contributed by atoms with Crippen molar-refractivity contribution in [3.63, 3.8) is 0 Å². The molecule has 9 nitrogen and oxygen atoms in total. The zero-order valence-electron chi connectivity index (χ0n) is 15.1. The van der Waals surface area contributed by atoms with Crippen LogP contribution in [0.15, 0.2) is 30.3 Å². The topological polar surface area (TPSA) is 104 Å². The highest BCUT2D eigenvalue weighted by Crippen LogP contribution is 2.22. The lowest BCUT2D eigenvalue weighted by Gasteiger charge is -2.17. The summed E-state index contributed by atoms with van der Waals surface area (Å²) in [6, 6.07) is 9.72. The number of aromatic nitrogens is 3. The summed E-state index contributed by atoms with van der Waals surface area (Å²) in [7, 11) is 2.40. The van der Waals surface area contributed by atoms with Gasteiger partial charge in [0.15, 0.2) is 5.69 Å². The molecule has 142 valence electrons. The molecule has 1 saturated heterocycles. The average Bonchev–Trinajstić information content (AvgIpc) is 3.25. The van der Waals surface area contributed by atoms with Gasteiger partial charge in [0.1, 0.15) is 0 Å². The van der Waals surface area contributed by atoms with Crippen LogP contribution in [0.4, 0.5) is 0 Å². The van der Waals surface area contributed by atoms with Crippen molar-refractivity contribution in [2.24, 2.45) is 5.92 Å². The van der Waals surface area contributed by atoms with Gasteiger partial charge in [0.2, 0.25) is 11.6 Å². The van der Waals surface area contributed by atoms with E-state index >= 15 is 0 Å². The SMILES string of the molecule is COC(=O)c1nnn(CC2CC(=O)N(Cc3ccccc3)C2)c1C(=O)OC. The molecule has 1 aliphatic heterocycles. The van der Waals surface area contributed by atoms with Crippen LogP contribution in [-0.4, -0.2) is 58.5 Å². The highest BCUT2D eigenvalue weighted by Gasteiger charge is 2.33. The summed E-state index contributed by atoms with van der Waals surface area (Å²) in [5, 5.41) is 7.63. The molecule has 1 aliphatic rings. The zero-order chi connectivity index (χ0) is 19.4. The van der Waals surface area contributed by atoms with Crippen LogP contribution in [-0.2, 0) is 27.4 Å². The Balaban J connectivity index is 1.74. The third kappa shape index (κ3) is 3.97. The lowest BCUT2D eigenvalue weighted by atomic mass is 10.1. The second-order valence-electron chi connectivity index (χ2n) is 6.28. The largest absolute Gasteiger partial charge is 0.464 e. The van der Waals surface area contributed by atoms with E-state index in [0.29, 0.717) is 19.5 Å². The van der Waals surface area contributed by atoms with Crippen molar-refractivity contribution in [3.05, 3.63) is 47.3 Å². The van der Waals surface area contributed by atoms with Crippen molar-refractivity contribution in [1.82, 2.24) is 19.9 Å². The van der Waals surface area contributed by atoms with E-state index in [1.165, 1.54) is 18.9 Å². The van der Waals surface area contributed by atoms with Crippen molar-refractivity contribution >= 4 is 17.8 Å². The van der Waals surface area contributed by atoms with Gasteiger partial charge >= 0.3 is 11.9 Å². The quantitative estimate of drug-likeness (QED) is 0.694. The minimum Gasteiger partial charge on any atom is -0.464 e. The number of carbonyl (C=O) groups is 3. The second kappa shape index (κ2) is 7.98. The molecule has 0 spiro atoms. The number of benzene rings is 1. The van der Waals surface area contributed by atoms with Gasteiger partial charge in [-0.25, -0.2) is 14.3 Å². The van der Waals surface area contributed by atoms with Gasteiger partial charge in [-0.15, -0.1) is 5.10 Å². The highest BCUT2D eigenvalue weighted by atomic mass is 16.5. The number of hydrogen-bond donors (Lipinski definition) is 0. The fourth-order valence-corrected chi connectivity index (χ4v) is 3.15. The Morgan fingerprint density at radius 1 is 1.15 bits per heavy atom. The van der Waals surface area contributed by atoms with Crippen LogP contribution in [0.1, 0.15) is 33.0 Å². The van der Waals surface area contributed by atoms with Gasteiger partial charge < -0.3 is 14.4 Å². The molecule has 0 N–H and O–H groups in total. The third-order valence-electron chi connectivity index (χ3n) is 4.43. The van der Waals surface area contributed by atoms with E-state index in [1.54, 1.807) is 4.90 Å². The molecular weight excluding hydrogens is 352 g/mol. The number of nitrogens with zero attached hydrogens (tertiary/aromatic N) is 4. The molecule has 1 amide bonds. The predicted octanol–water partition coefficient (Wildman–Crippen LogP) is 0.900. The molecule has 0 aliphatic carbocycles.